The quantitative estimate of drug-likeness (QED) is 0.413. The van der Waals surface area contributed by atoms with Crippen molar-refractivity contribution >= 4 is 40.7 Å². The molecule has 2 heterocycles. The summed E-state index contributed by atoms with van der Waals surface area (Å²) in [7, 11) is 0. The summed E-state index contributed by atoms with van der Waals surface area (Å²) in [6.45, 7) is 1.43. The number of hydrogen-bond acceptors (Lipinski definition) is 6. The number of benzene rings is 1. The van der Waals surface area contributed by atoms with Crippen molar-refractivity contribution in [2.45, 2.75) is 18.0 Å². The topological polar surface area (TPSA) is 73.2 Å². The Labute approximate surface area is 178 Å². The second-order valence-electron chi connectivity index (χ2n) is 5.86. The number of alkyl halides is 3. The van der Waals surface area contributed by atoms with Crippen molar-refractivity contribution in [2.24, 2.45) is 0 Å². The number of halogens is 3. The molecule has 0 aliphatic heterocycles. The van der Waals surface area contributed by atoms with Crippen LogP contribution in [0.2, 0.25) is 0 Å². The third-order valence-corrected chi connectivity index (χ3v) is 5.76. The molecule has 0 saturated carbocycles. The first-order chi connectivity index (χ1) is 14.3. The number of anilines is 1. The first kappa shape index (κ1) is 21.9. The number of thiophene rings is 1. The van der Waals surface area contributed by atoms with E-state index >= 15 is 0 Å². The van der Waals surface area contributed by atoms with Gasteiger partial charge in [-0.05, 0) is 42.8 Å². The highest BCUT2D eigenvalue weighted by Gasteiger charge is 2.41. The van der Waals surface area contributed by atoms with E-state index in [9.17, 15) is 22.8 Å². The number of esters is 1. The molecule has 6 nitrogen and oxygen atoms in total. The smallest absolute Gasteiger partial charge is 0.434 e. The number of amides is 1. The summed E-state index contributed by atoms with van der Waals surface area (Å²) in [6.07, 6.45) is -2.18. The van der Waals surface area contributed by atoms with Crippen molar-refractivity contribution in [3.63, 3.8) is 0 Å². The van der Waals surface area contributed by atoms with Gasteiger partial charge in [-0.25, -0.2) is 9.48 Å². The molecular formula is C19H16F3N3O3S2. The van der Waals surface area contributed by atoms with Crippen LogP contribution >= 0.6 is 23.1 Å². The summed E-state index contributed by atoms with van der Waals surface area (Å²) in [6, 6.07) is 7.60. The van der Waals surface area contributed by atoms with E-state index in [4.69, 9.17) is 4.74 Å². The van der Waals surface area contributed by atoms with E-state index in [-0.39, 0.29) is 18.2 Å². The highest BCUT2D eigenvalue weighted by Crippen LogP contribution is 2.34. The number of thioether (sulfide) groups is 1. The molecule has 0 aliphatic carbocycles. The molecule has 11 heteroatoms. The molecule has 1 amide bonds. The third kappa shape index (κ3) is 4.51. The maximum atomic E-state index is 13.7. The number of hydrogen-bond donors (Lipinski definition) is 1. The lowest BCUT2D eigenvalue weighted by molar-refractivity contribution is -0.143. The van der Waals surface area contributed by atoms with Gasteiger partial charge in [0.1, 0.15) is 10.4 Å². The first-order valence-electron chi connectivity index (χ1n) is 8.61. The monoisotopic (exact) mass is 455 g/mol. The molecule has 2 aromatic heterocycles. The number of carbonyl (C=O) groups excluding carboxylic acids is 2. The van der Waals surface area contributed by atoms with Crippen LogP contribution in [-0.4, -0.2) is 34.5 Å². The summed E-state index contributed by atoms with van der Waals surface area (Å²) < 4.78 is 46.3. The minimum absolute atomic E-state index is 0.0342. The van der Waals surface area contributed by atoms with Gasteiger partial charge >= 0.3 is 12.1 Å². The number of aromatic nitrogens is 2. The van der Waals surface area contributed by atoms with E-state index in [0.717, 1.165) is 11.1 Å². The van der Waals surface area contributed by atoms with E-state index in [2.05, 4.69) is 10.4 Å². The van der Waals surface area contributed by atoms with Crippen LogP contribution in [0.25, 0.3) is 5.69 Å². The SMILES string of the molecule is CCOC(=O)c1cnn(-c2cccc(NC(=O)c3sccc3SC)c2)c1C(F)(F)F. The summed E-state index contributed by atoms with van der Waals surface area (Å²) in [5.41, 5.74) is -1.60. The van der Waals surface area contributed by atoms with Crippen molar-refractivity contribution in [3.05, 3.63) is 58.0 Å². The normalized spacial score (nSPS) is 11.4. The van der Waals surface area contributed by atoms with Crippen LogP contribution in [-0.2, 0) is 10.9 Å². The van der Waals surface area contributed by atoms with Crippen molar-refractivity contribution in [2.75, 3.05) is 18.2 Å². The minimum Gasteiger partial charge on any atom is -0.462 e. The second-order valence-corrected chi connectivity index (χ2v) is 7.62. The zero-order valence-corrected chi connectivity index (χ0v) is 17.5. The zero-order valence-electron chi connectivity index (χ0n) is 15.8. The Kier molecular flexibility index (Phi) is 6.52. The Morgan fingerprint density at radius 2 is 2.07 bits per heavy atom. The van der Waals surface area contributed by atoms with Gasteiger partial charge in [0.15, 0.2) is 5.69 Å². The van der Waals surface area contributed by atoms with Crippen LogP contribution in [0, 0.1) is 0 Å². The standard InChI is InChI=1S/C19H16F3N3O3S2/c1-3-28-18(27)13-10-23-25(16(13)19(20,21)22)12-6-4-5-11(9-12)24-17(26)15-14(29-2)7-8-30-15/h4-10H,3H2,1-2H3,(H,24,26). The molecule has 30 heavy (non-hydrogen) atoms. The van der Waals surface area contributed by atoms with Gasteiger partial charge in [-0.1, -0.05) is 6.07 Å². The molecule has 0 atom stereocenters. The molecule has 0 bridgehead atoms. The lowest BCUT2D eigenvalue weighted by atomic mass is 10.2. The highest BCUT2D eigenvalue weighted by molar-refractivity contribution is 7.98. The average molecular weight is 455 g/mol. The summed E-state index contributed by atoms with van der Waals surface area (Å²) >= 11 is 2.69. The summed E-state index contributed by atoms with van der Waals surface area (Å²) in [5, 5.41) is 8.20. The fraction of sp³-hybridized carbons (Fsp3) is 0.211. The molecule has 0 radical (unpaired) electrons. The van der Waals surface area contributed by atoms with Crippen LogP contribution < -0.4 is 5.32 Å². The molecule has 0 unspecified atom stereocenters. The number of carbonyl (C=O) groups is 2. The molecule has 3 rings (SSSR count). The van der Waals surface area contributed by atoms with Crippen molar-refractivity contribution in [1.82, 2.24) is 9.78 Å². The van der Waals surface area contributed by atoms with Gasteiger partial charge < -0.3 is 10.1 Å². The Hall–Kier alpha value is -2.79. The maximum Gasteiger partial charge on any atom is 0.434 e. The molecule has 3 aromatic rings. The highest BCUT2D eigenvalue weighted by atomic mass is 32.2. The van der Waals surface area contributed by atoms with E-state index < -0.39 is 23.4 Å². The van der Waals surface area contributed by atoms with E-state index in [1.165, 1.54) is 48.2 Å². The third-order valence-electron chi connectivity index (χ3n) is 3.94. The summed E-state index contributed by atoms with van der Waals surface area (Å²) in [4.78, 5) is 25.8. The molecule has 1 N–H and O–H groups in total. The lowest BCUT2D eigenvalue weighted by Gasteiger charge is -2.13. The van der Waals surface area contributed by atoms with E-state index in [0.29, 0.717) is 15.2 Å². The number of nitrogens with zero attached hydrogens (tertiary/aromatic N) is 2. The fourth-order valence-electron chi connectivity index (χ4n) is 2.70. The van der Waals surface area contributed by atoms with Gasteiger partial charge in [-0.2, -0.15) is 18.3 Å². The predicted molar refractivity (Wildman–Crippen MR) is 109 cm³/mol. The number of nitrogens with one attached hydrogen (secondary N) is 1. The molecule has 1 aromatic carbocycles. The van der Waals surface area contributed by atoms with Gasteiger partial charge in [-0.3, -0.25) is 4.79 Å². The van der Waals surface area contributed by atoms with Crippen molar-refractivity contribution in [3.8, 4) is 5.69 Å². The van der Waals surface area contributed by atoms with E-state index in [1.807, 2.05) is 12.3 Å². The van der Waals surface area contributed by atoms with Gasteiger partial charge in [0.25, 0.3) is 5.91 Å². The van der Waals surface area contributed by atoms with Crippen molar-refractivity contribution < 1.29 is 27.5 Å². The Bertz CT molecular complexity index is 1080. The predicted octanol–water partition coefficient (Wildman–Crippen LogP) is 5.10. The van der Waals surface area contributed by atoms with Gasteiger partial charge in [0.2, 0.25) is 0 Å². The number of rotatable bonds is 6. The largest absolute Gasteiger partial charge is 0.462 e. The van der Waals surface area contributed by atoms with Gasteiger partial charge in [0.05, 0.1) is 18.5 Å². The minimum atomic E-state index is -4.85. The molecule has 0 saturated heterocycles. The van der Waals surface area contributed by atoms with Crippen LogP contribution in [0.1, 0.15) is 32.6 Å². The Balaban J connectivity index is 1.96. The second kappa shape index (κ2) is 8.92. The Morgan fingerprint density at radius 1 is 1.30 bits per heavy atom. The molecule has 0 fully saturated rings. The van der Waals surface area contributed by atoms with Gasteiger partial charge in [-0.15, -0.1) is 23.1 Å². The van der Waals surface area contributed by atoms with Crippen LogP contribution in [0.4, 0.5) is 18.9 Å². The Morgan fingerprint density at radius 3 is 2.73 bits per heavy atom. The zero-order chi connectivity index (χ0) is 21.9. The van der Waals surface area contributed by atoms with Crippen LogP contribution in [0.15, 0.2) is 46.8 Å². The fourth-order valence-corrected chi connectivity index (χ4v) is 4.35. The average Bonchev–Trinajstić information content (AvgIpc) is 3.35. The van der Waals surface area contributed by atoms with Crippen molar-refractivity contribution in [1.29, 1.82) is 0 Å². The molecule has 158 valence electrons. The van der Waals surface area contributed by atoms with E-state index in [1.54, 1.807) is 11.4 Å². The first-order valence-corrected chi connectivity index (χ1v) is 10.7. The van der Waals surface area contributed by atoms with Crippen LogP contribution in [0.3, 0.4) is 0 Å². The maximum absolute atomic E-state index is 13.7. The molecule has 0 aliphatic rings. The molecular weight excluding hydrogens is 439 g/mol. The van der Waals surface area contributed by atoms with Crippen LogP contribution in [0.5, 0.6) is 0 Å². The summed E-state index contributed by atoms with van der Waals surface area (Å²) in [5.74, 6) is -1.47. The lowest BCUT2D eigenvalue weighted by Crippen LogP contribution is -2.18. The van der Waals surface area contributed by atoms with Gasteiger partial charge in [0, 0.05) is 10.6 Å². The molecule has 0 spiro atoms. The number of ether oxygens (including phenoxy) is 1.